The second-order valence-corrected chi connectivity index (χ2v) is 10.6. The van der Waals surface area contributed by atoms with Crippen LogP contribution in [0, 0.1) is 0 Å². The number of fused-ring (bicyclic) bond motifs is 3. The van der Waals surface area contributed by atoms with Gasteiger partial charge in [0, 0.05) is 6.42 Å². The topological polar surface area (TPSA) is 82.1 Å². The zero-order valence-corrected chi connectivity index (χ0v) is 22.7. The number of benzene rings is 3. The van der Waals surface area contributed by atoms with Gasteiger partial charge in [0.2, 0.25) is 0 Å². The quantitative estimate of drug-likeness (QED) is 0.343. The van der Waals surface area contributed by atoms with Crippen LogP contribution in [0.2, 0.25) is 0 Å². The van der Waals surface area contributed by atoms with Crippen LogP contribution in [0.4, 0.5) is 0 Å². The first-order valence-corrected chi connectivity index (χ1v) is 12.8. The van der Waals surface area contributed by atoms with Gasteiger partial charge in [-0.25, -0.2) is 14.4 Å². The molecule has 3 aromatic rings. The van der Waals surface area contributed by atoms with Gasteiger partial charge in [-0.1, -0.05) is 78.9 Å². The zero-order valence-electron chi connectivity index (χ0n) is 22.7. The molecule has 1 atom stereocenters. The van der Waals surface area contributed by atoms with E-state index in [4.69, 9.17) is 14.2 Å². The van der Waals surface area contributed by atoms with Crippen LogP contribution in [-0.4, -0.2) is 48.7 Å². The van der Waals surface area contributed by atoms with Gasteiger partial charge in [-0.3, -0.25) is 0 Å². The number of nitrogens with zero attached hydrogens (tertiary/aromatic N) is 1. The highest BCUT2D eigenvalue weighted by Gasteiger charge is 2.58. The lowest BCUT2D eigenvalue weighted by Crippen LogP contribution is -2.54. The maximum absolute atomic E-state index is 13.9. The number of hydrogen-bond donors (Lipinski definition) is 0. The number of carbonyl (C=O) groups excluding carboxylic acids is 3. The Kier molecular flexibility index (Phi) is 6.54. The summed E-state index contributed by atoms with van der Waals surface area (Å²) >= 11 is 0. The Morgan fingerprint density at radius 3 is 1.79 bits per heavy atom. The summed E-state index contributed by atoms with van der Waals surface area (Å²) in [6.45, 7) is 5.35. The van der Waals surface area contributed by atoms with E-state index >= 15 is 0 Å². The van der Waals surface area contributed by atoms with Gasteiger partial charge in [0.1, 0.15) is 22.9 Å². The van der Waals surface area contributed by atoms with Crippen molar-refractivity contribution in [1.29, 1.82) is 0 Å². The van der Waals surface area contributed by atoms with Gasteiger partial charge in [-0.05, 0) is 48.6 Å². The number of ether oxygens (including phenoxy) is 3. The van der Waals surface area contributed by atoms with E-state index < -0.39 is 35.1 Å². The summed E-state index contributed by atoms with van der Waals surface area (Å²) in [5, 5.41) is 0. The summed E-state index contributed by atoms with van der Waals surface area (Å²) in [5.74, 6) is -1.99. The van der Waals surface area contributed by atoms with Crippen LogP contribution < -0.4 is 0 Å². The Hall–Kier alpha value is -4.39. The van der Waals surface area contributed by atoms with Crippen LogP contribution in [0.5, 0.6) is 0 Å². The molecule has 0 bridgehead atoms. The third kappa shape index (κ3) is 4.09. The fraction of sp³-hybridized carbons (Fsp3) is 0.281. The van der Waals surface area contributed by atoms with E-state index in [1.165, 1.54) is 14.2 Å². The number of esters is 3. The molecule has 1 heterocycles. The molecular formula is C32H31NO6. The minimum atomic E-state index is -1.16. The molecule has 3 aromatic carbocycles. The minimum absolute atomic E-state index is 0.0180. The number of carbonyl (C=O) groups is 3. The molecule has 0 N–H and O–H groups in total. The van der Waals surface area contributed by atoms with Crippen molar-refractivity contribution < 1.29 is 28.6 Å². The largest absolute Gasteiger partial charge is 0.466 e. The van der Waals surface area contributed by atoms with E-state index in [2.05, 4.69) is 0 Å². The van der Waals surface area contributed by atoms with E-state index in [9.17, 15) is 14.4 Å². The monoisotopic (exact) mass is 525 g/mol. The van der Waals surface area contributed by atoms with Crippen LogP contribution >= 0.6 is 0 Å². The fourth-order valence-electron chi connectivity index (χ4n) is 5.87. The first kappa shape index (κ1) is 26.2. The SMILES string of the molecule is COC(=O)C1=C(C(=O)OC)N(C2(c3ccccc3)c3ccccc3-c3ccccc32)[C@H](C(=O)OC(C)(C)C)C1. The van der Waals surface area contributed by atoms with Crippen molar-refractivity contribution >= 4 is 17.9 Å². The Labute approximate surface area is 228 Å². The Morgan fingerprint density at radius 1 is 0.769 bits per heavy atom. The van der Waals surface area contributed by atoms with E-state index in [0.29, 0.717) is 0 Å². The van der Waals surface area contributed by atoms with Gasteiger partial charge in [-0.2, -0.15) is 0 Å². The second kappa shape index (κ2) is 9.73. The summed E-state index contributed by atoms with van der Waals surface area (Å²) in [5.41, 5.74) is 2.60. The van der Waals surface area contributed by atoms with Gasteiger partial charge in [0.15, 0.2) is 0 Å². The molecule has 0 radical (unpaired) electrons. The van der Waals surface area contributed by atoms with Gasteiger partial charge in [0.05, 0.1) is 19.8 Å². The molecule has 1 aliphatic carbocycles. The van der Waals surface area contributed by atoms with Gasteiger partial charge in [-0.15, -0.1) is 0 Å². The van der Waals surface area contributed by atoms with E-state index in [0.717, 1.165) is 27.8 Å². The van der Waals surface area contributed by atoms with Crippen molar-refractivity contribution in [1.82, 2.24) is 4.90 Å². The molecular weight excluding hydrogens is 494 g/mol. The van der Waals surface area contributed by atoms with Crippen LogP contribution in [0.25, 0.3) is 11.1 Å². The molecule has 0 unspecified atom stereocenters. The van der Waals surface area contributed by atoms with Crippen molar-refractivity contribution in [2.24, 2.45) is 0 Å². The molecule has 7 nitrogen and oxygen atoms in total. The number of rotatable bonds is 5. The standard InChI is InChI=1S/C32H31NO6/c1-31(2,3)39-29(35)26-19-23(28(34)37-4)27(30(36)38-5)33(26)32(20-13-7-6-8-14-20)24-17-11-9-15-21(24)22-16-10-12-18-25(22)32/h6-18,26H,19H2,1-5H3/t26-/m0/s1. The Morgan fingerprint density at radius 2 is 1.28 bits per heavy atom. The molecule has 5 rings (SSSR count). The first-order chi connectivity index (χ1) is 18.6. The molecule has 2 aliphatic rings. The van der Waals surface area contributed by atoms with Crippen LogP contribution in [0.15, 0.2) is 90.1 Å². The van der Waals surface area contributed by atoms with Gasteiger partial charge >= 0.3 is 17.9 Å². The number of hydrogen-bond acceptors (Lipinski definition) is 7. The van der Waals surface area contributed by atoms with Crippen molar-refractivity contribution in [2.45, 2.75) is 44.4 Å². The average Bonchev–Trinajstić information content (AvgIpc) is 3.47. The van der Waals surface area contributed by atoms with Crippen molar-refractivity contribution in [2.75, 3.05) is 14.2 Å². The Balaban J connectivity index is 1.92. The second-order valence-electron chi connectivity index (χ2n) is 10.6. The van der Waals surface area contributed by atoms with E-state index in [1.54, 1.807) is 25.7 Å². The third-order valence-electron chi connectivity index (χ3n) is 7.20. The molecule has 0 saturated heterocycles. The highest BCUT2D eigenvalue weighted by Crippen LogP contribution is 2.58. The summed E-state index contributed by atoms with van der Waals surface area (Å²) < 4.78 is 16.2. The van der Waals surface area contributed by atoms with Gasteiger partial charge < -0.3 is 19.1 Å². The van der Waals surface area contributed by atoms with Gasteiger partial charge in [0.25, 0.3) is 0 Å². The summed E-state index contributed by atoms with van der Waals surface area (Å²) in [7, 11) is 2.51. The smallest absolute Gasteiger partial charge is 0.354 e. The summed E-state index contributed by atoms with van der Waals surface area (Å²) in [4.78, 5) is 42.4. The first-order valence-electron chi connectivity index (χ1n) is 12.8. The highest BCUT2D eigenvalue weighted by atomic mass is 16.6. The third-order valence-corrected chi connectivity index (χ3v) is 7.20. The molecule has 200 valence electrons. The van der Waals surface area contributed by atoms with Crippen molar-refractivity contribution in [3.05, 3.63) is 107 Å². The molecule has 0 fully saturated rings. The maximum Gasteiger partial charge on any atom is 0.354 e. The van der Waals surface area contributed by atoms with Crippen LogP contribution in [-0.2, 0) is 34.1 Å². The maximum atomic E-state index is 13.9. The van der Waals surface area contributed by atoms with Crippen LogP contribution in [0.1, 0.15) is 43.9 Å². The minimum Gasteiger partial charge on any atom is -0.466 e. The Bertz CT molecular complexity index is 1440. The molecule has 0 spiro atoms. The normalized spacial score (nSPS) is 17.4. The van der Waals surface area contributed by atoms with Crippen LogP contribution in [0.3, 0.4) is 0 Å². The molecule has 1 aliphatic heterocycles. The molecule has 0 saturated carbocycles. The van der Waals surface area contributed by atoms with Crippen molar-refractivity contribution in [3.63, 3.8) is 0 Å². The predicted molar refractivity (Wildman–Crippen MR) is 145 cm³/mol. The highest BCUT2D eigenvalue weighted by molar-refractivity contribution is 6.03. The lowest BCUT2D eigenvalue weighted by atomic mass is 9.78. The molecule has 0 amide bonds. The lowest BCUT2D eigenvalue weighted by Gasteiger charge is -2.46. The molecule has 7 heteroatoms. The summed E-state index contributed by atoms with van der Waals surface area (Å²) in [6.07, 6.45) is -0.0784. The fourth-order valence-corrected chi connectivity index (χ4v) is 5.87. The molecule has 39 heavy (non-hydrogen) atoms. The lowest BCUT2D eigenvalue weighted by molar-refractivity contribution is -0.162. The van der Waals surface area contributed by atoms with Crippen molar-refractivity contribution in [3.8, 4) is 11.1 Å². The predicted octanol–water partition coefficient (Wildman–Crippen LogP) is 4.98. The summed E-state index contributed by atoms with van der Waals surface area (Å²) in [6, 6.07) is 24.5. The van der Waals surface area contributed by atoms with E-state index in [-0.39, 0.29) is 17.7 Å². The zero-order chi connectivity index (χ0) is 27.9. The number of methoxy groups -OCH3 is 2. The molecule has 0 aromatic heterocycles. The van der Waals surface area contributed by atoms with E-state index in [1.807, 2.05) is 78.9 Å². The average molecular weight is 526 g/mol.